The van der Waals surface area contributed by atoms with Crippen LogP contribution >= 0.6 is 0 Å². The maximum atomic E-state index is 11.1. The van der Waals surface area contributed by atoms with Crippen LogP contribution in [-0.2, 0) is 14.8 Å². The van der Waals surface area contributed by atoms with Gasteiger partial charge in [-0.05, 0) is 12.3 Å². The molecule has 0 heterocycles. The summed E-state index contributed by atoms with van der Waals surface area (Å²) < 4.78 is 21.0. The number of amides is 1. The number of sulfonamides is 1. The van der Waals surface area contributed by atoms with Gasteiger partial charge in [-0.2, -0.15) is 0 Å². The Bertz CT molecular complexity index is 272. The quantitative estimate of drug-likeness (QED) is 0.653. The molecule has 0 aliphatic carbocycles. The first-order valence-corrected chi connectivity index (χ1v) is 6.30. The number of carbonyl (C=O) groups excluding carboxylic acids is 1. The van der Waals surface area contributed by atoms with E-state index in [4.69, 9.17) is 5.14 Å². The summed E-state index contributed by atoms with van der Waals surface area (Å²) in [6.07, 6.45) is 1.24. The molecule has 0 saturated carbocycles. The van der Waals surface area contributed by atoms with Crippen molar-refractivity contribution in [1.82, 2.24) is 5.32 Å². The predicted molar refractivity (Wildman–Crippen MR) is 55.1 cm³/mol. The van der Waals surface area contributed by atoms with Gasteiger partial charge in [-0.3, -0.25) is 4.79 Å². The van der Waals surface area contributed by atoms with Gasteiger partial charge in [0.15, 0.2) is 0 Å². The van der Waals surface area contributed by atoms with E-state index in [9.17, 15) is 13.2 Å². The van der Waals surface area contributed by atoms with Gasteiger partial charge in [-0.25, -0.2) is 13.6 Å². The minimum Gasteiger partial charge on any atom is -0.355 e. The van der Waals surface area contributed by atoms with Crippen LogP contribution in [0.1, 0.15) is 26.7 Å². The number of carbonyl (C=O) groups is 1. The smallest absolute Gasteiger partial charge is 0.220 e. The fourth-order valence-electron chi connectivity index (χ4n) is 0.841. The van der Waals surface area contributed by atoms with Gasteiger partial charge in [0.05, 0.1) is 5.75 Å². The van der Waals surface area contributed by atoms with E-state index < -0.39 is 10.0 Å². The SMILES string of the molecule is CC(C)CCC(=O)NCCS(N)(=O)=O. The molecule has 0 atom stereocenters. The molecule has 14 heavy (non-hydrogen) atoms. The average Bonchev–Trinajstić information content (AvgIpc) is 1.98. The van der Waals surface area contributed by atoms with Crippen molar-refractivity contribution in [3.05, 3.63) is 0 Å². The first-order chi connectivity index (χ1) is 6.31. The van der Waals surface area contributed by atoms with E-state index in [1.54, 1.807) is 0 Å². The number of hydrogen-bond acceptors (Lipinski definition) is 3. The monoisotopic (exact) mass is 222 g/mol. The Labute approximate surface area is 85.1 Å². The molecule has 0 aromatic carbocycles. The molecule has 0 aliphatic heterocycles. The van der Waals surface area contributed by atoms with Crippen LogP contribution in [0.5, 0.6) is 0 Å². The van der Waals surface area contributed by atoms with Crippen LogP contribution in [0.25, 0.3) is 0 Å². The largest absolute Gasteiger partial charge is 0.355 e. The molecule has 0 aromatic rings. The van der Waals surface area contributed by atoms with Crippen LogP contribution < -0.4 is 10.5 Å². The Morgan fingerprint density at radius 3 is 2.43 bits per heavy atom. The number of nitrogens with two attached hydrogens (primary N) is 1. The van der Waals surface area contributed by atoms with Crippen LogP contribution in [0.3, 0.4) is 0 Å². The lowest BCUT2D eigenvalue weighted by Gasteiger charge is -2.05. The normalized spacial score (nSPS) is 11.7. The van der Waals surface area contributed by atoms with E-state index >= 15 is 0 Å². The molecule has 1 amide bonds. The average molecular weight is 222 g/mol. The van der Waals surface area contributed by atoms with Gasteiger partial charge in [-0.15, -0.1) is 0 Å². The summed E-state index contributed by atoms with van der Waals surface area (Å²) >= 11 is 0. The Kier molecular flexibility index (Phi) is 5.71. The van der Waals surface area contributed by atoms with E-state index in [1.807, 2.05) is 13.8 Å². The lowest BCUT2D eigenvalue weighted by molar-refractivity contribution is -0.121. The Hall–Kier alpha value is -0.620. The summed E-state index contributed by atoms with van der Waals surface area (Å²) in [5.41, 5.74) is 0. The van der Waals surface area contributed by atoms with Crippen molar-refractivity contribution in [1.29, 1.82) is 0 Å². The standard InChI is InChI=1S/C8H18N2O3S/c1-7(2)3-4-8(11)10-5-6-14(9,12)13/h7H,3-6H2,1-2H3,(H,10,11)(H2,9,12,13). The molecule has 0 saturated heterocycles. The van der Waals surface area contributed by atoms with Crippen molar-refractivity contribution >= 4 is 15.9 Å². The summed E-state index contributed by atoms with van der Waals surface area (Å²) in [5.74, 6) is 0.141. The Balaban J connectivity index is 3.55. The second kappa shape index (κ2) is 5.98. The molecule has 6 heteroatoms. The van der Waals surface area contributed by atoms with Crippen molar-refractivity contribution in [2.24, 2.45) is 11.1 Å². The zero-order valence-corrected chi connectivity index (χ0v) is 9.43. The topological polar surface area (TPSA) is 89.3 Å². The number of rotatable bonds is 6. The highest BCUT2D eigenvalue weighted by Crippen LogP contribution is 2.02. The maximum Gasteiger partial charge on any atom is 0.220 e. The molecular weight excluding hydrogens is 204 g/mol. The maximum absolute atomic E-state index is 11.1. The Morgan fingerprint density at radius 2 is 2.00 bits per heavy atom. The summed E-state index contributed by atoms with van der Waals surface area (Å²) in [5, 5.41) is 7.26. The van der Waals surface area contributed by atoms with E-state index in [-0.39, 0.29) is 18.2 Å². The molecule has 0 rings (SSSR count). The van der Waals surface area contributed by atoms with Gasteiger partial charge in [0, 0.05) is 13.0 Å². The lowest BCUT2D eigenvalue weighted by Crippen LogP contribution is -2.31. The molecular formula is C8H18N2O3S. The first kappa shape index (κ1) is 13.4. The molecule has 0 fully saturated rings. The zero-order chi connectivity index (χ0) is 11.2. The van der Waals surface area contributed by atoms with Crippen LogP contribution in [0, 0.1) is 5.92 Å². The van der Waals surface area contributed by atoms with Crippen molar-refractivity contribution < 1.29 is 13.2 Å². The molecule has 0 spiro atoms. The third-order valence-electron chi connectivity index (χ3n) is 1.66. The second-order valence-electron chi connectivity index (χ2n) is 3.65. The van der Waals surface area contributed by atoms with Gasteiger partial charge < -0.3 is 5.32 Å². The predicted octanol–water partition coefficient (Wildman–Crippen LogP) is -0.173. The molecule has 0 bridgehead atoms. The van der Waals surface area contributed by atoms with Crippen LogP contribution in [-0.4, -0.2) is 26.6 Å². The summed E-state index contributed by atoms with van der Waals surface area (Å²) in [4.78, 5) is 11.1. The highest BCUT2D eigenvalue weighted by molar-refractivity contribution is 7.89. The summed E-state index contributed by atoms with van der Waals surface area (Å²) in [7, 11) is -3.47. The van der Waals surface area contributed by atoms with E-state index in [1.165, 1.54) is 0 Å². The van der Waals surface area contributed by atoms with Crippen LogP contribution in [0.15, 0.2) is 0 Å². The number of hydrogen-bond donors (Lipinski definition) is 2. The van der Waals surface area contributed by atoms with Gasteiger partial charge in [0.25, 0.3) is 0 Å². The minimum absolute atomic E-state index is 0.0930. The van der Waals surface area contributed by atoms with Crippen molar-refractivity contribution in [3.8, 4) is 0 Å². The highest BCUT2D eigenvalue weighted by atomic mass is 32.2. The van der Waals surface area contributed by atoms with Crippen molar-refractivity contribution in [2.75, 3.05) is 12.3 Å². The third kappa shape index (κ3) is 9.47. The fraction of sp³-hybridized carbons (Fsp3) is 0.875. The van der Waals surface area contributed by atoms with Crippen molar-refractivity contribution in [3.63, 3.8) is 0 Å². The van der Waals surface area contributed by atoms with Gasteiger partial charge in [-0.1, -0.05) is 13.8 Å². The fourth-order valence-corrected chi connectivity index (χ4v) is 1.23. The van der Waals surface area contributed by atoms with Crippen LogP contribution in [0.4, 0.5) is 0 Å². The van der Waals surface area contributed by atoms with E-state index in [2.05, 4.69) is 5.32 Å². The first-order valence-electron chi connectivity index (χ1n) is 4.58. The van der Waals surface area contributed by atoms with E-state index in [0.717, 1.165) is 6.42 Å². The number of nitrogens with one attached hydrogen (secondary N) is 1. The molecule has 3 N–H and O–H groups in total. The zero-order valence-electron chi connectivity index (χ0n) is 8.62. The Morgan fingerprint density at radius 1 is 1.43 bits per heavy atom. The number of primary sulfonamides is 1. The molecule has 84 valence electrons. The lowest BCUT2D eigenvalue weighted by atomic mass is 10.1. The van der Waals surface area contributed by atoms with Gasteiger partial charge >= 0.3 is 0 Å². The van der Waals surface area contributed by atoms with Gasteiger partial charge in [0.2, 0.25) is 15.9 Å². The van der Waals surface area contributed by atoms with Crippen LogP contribution in [0.2, 0.25) is 0 Å². The van der Waals surface area contributed by atoms with Gasteiger partial charge in [0.1, 0.15) is 0 Å². The molecule has 0 unspecified atom stereocenters. The molecule has 5 nitrogen and oxygen atoms in total. The van der Waals surface area contributed by atoms with E-state index in [0.29, 0.717) is 12.3 Å². The minimum atomic E-state index is -3.47. The molecule has 0 radical (unpaired) electrons. The molecule has 0 aliphatic rings. The second-order valence-corrected chi connectivity index (χ2v) is 5.38. The summed E-state index contributed by atoms with van der Waals surface area (Å²) in [6.45, 7) is 4.14. The summed E-state index contributed by atoms with van der Waals surface area (Å²) in [6, 6.07) is 0. The third-order valence-corrected chi connectivity index (χ3v) is 2.43. The highest BCUT2D eigenvalue weighted by Gasteiger charge is 2.05. The molecule has 0 aromatic heterocycles. The van der Waals surface area contributed by atoms with Crippen molar-refractivity contribution in [2.45, 2.75) is 26.7 Å².